The maximum atomic E-state index is 12.8. The predicted octanol–water partition coefficient (Wildman–Crippen LogP) is 1.70. The molecular weight excluding hydrogens is 260 g/mol. The van der Waals surface area contributed by atoms with Gasteiger partial charge in [0.1, 0.15) is 6.04 Å². The molecule has 0 aromatic heterocycles. The maximum Gasteiger partial charge on any atom is 0.246 e. The lowest BCUT2D eigenvalue weighted by Crippen LogP contribution is -2.54. The minimum absolute atomic E-state index is 0.0309. The molecule has 1 saturated carbocycles. The second-order valence-corrected chi connectivity index (χ2v) is 6.94. The van der Waals surface area contributed by atoms with Gasteiger partial charge in [-0.1, -0.05) is 6.42 Å². The summed E-state index contributed by atoms with van der Waals surface area (Å²) in [6.45, 7) is 2.47. The van der Waals surface area contributed by atoms with Crippen LogP contribution in [0.4, 0.5) is 0 Å². The third kappa shape index (κ3) is 2.37. The molecule has 1 aliphatic carbocycles. The largest absolute Gasteiger partial charge is 0.338 e. The fraction of sp³-hybridized carbons (Fsp3) is 0.857. The predicted molar refractivity (Wildman–Crippen MR) is 75.7 cm³/mol. The minimum Gasteiger partial charge on any atom is -0.338 e. The highest BCUT2D eigenvalue weighted by molar-refractivity contribution is 7.99. The molecule has 19 heavy (non-hydrogen) atoms. The van der Waals surface area contributed by atoms with Gasteiger partial charge in [-0.2, -0.15) is 0 Å². The highest BCUT2D eigenvalue weighted by Crippen LogP contribution is 2.37. The van der Waals surface area contributed by atoms with Gasteiger partial charge in [-0.15, -0.1) is 11.8 Å². The summed E-state index contributed by atoms with van der Waals surface area (Å²) in [7, 11) is 0. The number of rotatable bonds is 1. The van der Waals surface area contributed by atoms with Crippen LogP contribution in [0.1, 0.15) is 39.0 Å². The molecule has 0 aromatic rings. The number of carbonyl (C=O) groups is 2. The molecule has 3 unspecified atom stereocenters. The van der Waals surface area contributed by atoms with Crippen LogP contribution in [0.25, 0.3) is 0 Å². The van der Waals surface area contributed by atoms with E-state index in [0.717, 1.165) is 31.1 Å². The van der Waals surface area contributed by atoms with Gasteiger partial charge >= 0.3 is 0 Å². The fourth-order valence-electron chi connectivity index (χ4n) is 3.88. The van der Waals surface area contributed by atoms with E-state index in [2.05, 4.69) is 4.90 Å². The first-order valence-electron chi connectivity index (χ1n) is 7.34. The van der Waals surface area contributed by atoms with Gasteiger partial charge in [-0.05, 0) is 31.6 Å². The van der Waals surface area contributed by atoms with E-state index in [1.165, 1.54) is 19.3 Å². The Morgan fingerprint density at radius 1 is 1.11 bits per heavy atom. The number of piperidine rings is 1. The Bertz CT molecular complexity index is 388. The highest BCUT2D eigenvalue weighted by Gasteiger charge is 2.42. The second kappa shape index (κ2) is 5.35. The summed E-state index contributed by atoms with van der Waals surface area (Å²) in [4.78, 5) is 28.2. The van der Waals surface area contributed by atoms with Crippen molar-refractivity contribution in [1.29, 1.82) is 0 Å². The van der Waals surface area contributed by atoms with Crippen molar-refractivity contribution in [2.75, 3.05) is 18.2 Å². The van der Waals surface area contributed by atoms with Crippen molar-refractivity contribution in [3.05, 3.63) is 0 Å². The lowest BCUT2D eigenvalue weighted by Gasteiger charge is -2.40. The molecule has 2 saturated heterocycles. The van der Waals surface area contributed by atoms with E-state index in [1.807, 2.05) is 0 Å². The summed E-state index contributed by atoms with van der Waals surface area (Å²) in [6.07, 6.45) is 6.12. The van der Waals surface area contributed by atoms with Crippen LogP contribution in [0.3, 0.4) is 0 Å². The Labute approximate surface area is 118 Å². The number of hydrogen-bond donors (Lipinski definition) is 0. The van der Waals surface area contributed by atoms with Gasteiger partial charge in [0.25, 0.3) is 0 Å². The monoisotopic (exact) mass is 282 g/mol. The number of nitrogens with zero attached hydrogens (tertiary/aromatic N) is 2. The molecule has 4 nitrogen and oxygen atoms in total. The molecule has 0 N–H and O–H groups in total. The quantitative estimate of drug-likeness (QED) is 0.735. The van der Waals surface area contributed by atoms with E-state index in [1.54, 1.807) is 23.6 Å². The molecular formula is C14H22N2O2S. The van der Waals surface area contributed by atoms with E-state index in [9.17, 15) is 9.59 Å². The zero-order valence-corrected chi connectivity index (χ0v) is 12.3. The Hall–Kier alpha value is -0.710. The number of likely N-dealkylation sites (tertiary alicyclic amines) is 1. The van der Waals surface area contributed by atoms with Crippen molar-refractivity contribution < 1.29 is 9.59 Å². The molecule has 3 fully saturated rings. The normalized spacial score (nSPS) is 34.5. The molecule has 0 radical (unpaired) electrons. The van der Waals surface area contributed by atoms with Crippen LogP contribution in [0.15, 0.2) is 0 Å². The van der Waals surface area contributed by atoms with E-state index in [-0.39, 0.29) is 17.9 Å². The molecule has 0 bridgehead atoms. The zero-order chi connectivity index (χ0) is 13.4. The summed E-state index contributed by atoms with van der Waals surface area (Å²) in [5.74, 6) is 2.40. The van der Waals surface area contributed by atoms with Crippen molar-refractivity contribution in [1.82, 2.24) is 9.80 Å². The van der Waals surface area contributed by atoms with Crippen LogP contribution < -0.4 is 0 Å². The molecule has 2 heterocycles. The van der Waals surface area contributed by atoms with Crippen LogP contribution in [0.2, 0.25) is 0 Å². The standard InChI is InChI=1S/C14H22N2O2S/c1-10(17)16-9-19-8-13(16)14(18)15-7-3-5-11-4-2-6-12(11)15/h11-13H,2-9H2,1H3. The molecule has 0 aromatic carbocycles. The lowest BCUT2D eigenvalue weighted by atomic mass is 9.91. The molecule has 3 aliphatic rings. The SMILES string of the molecule is CC(=O)N1CSCC1C(=O)N1CCCC2CCCC21. The average Bonchev–Trinajstić information content (AvgIpc) is 3.05. The number of hydrogen-bond acceptors (Lipinski definition) is 3. The highest BCUT2D eigenvalue weighted by atomic mass is 32.2. The maximum absolute atomic E-state index is 12.8. The molecule has 106 valence electrons. The Balaban J connectivity index is 1.74. The number of carbonyl (C=O) groups excluding carboxylic acids is 2. The average molecular weight is 282 g/mol. The summed E-state index contributed by atoms with van der Waals surface area (Å²) < 4.78 is 0. The van der Waals surface area contributed by atoms with Crippen LogP contribution in [-0.4, -0.2) is 51.9 Å². The van der Waals surface area contributed by atoms with Crippen LogP contribution in [0.5, 0.6) is 0 Å². The molecule has 3 atom stereocenters. The first-order valence-corrected chi connectivity index (χ1v) is 8.49. The first-order chi connectivity index (χ1) is 9.18. The fourth-order valence-corrected chi connectivity index (χ4v) is 5.09. The molecule has 3 rings (SSSR count). The Kier molecular flexibility index (Phi) is 3.74. The van der Waals surface area contributed by atoms with Gasteiger partial charge < -0.3 is 9.80 Å². The van der Waals surface area contributed by atoms with Gasteiger partial charge in [0.05, 0.1) is 5.88 Å². The number of thioether (sulfide) groups is 1. The van der Waals surface area contributed by atoms with E-state index < -0.39 is 0 Å². The van der Waals surface area contributed by atoms with Crippen molar-refractivity contribution in [3.63, 3.8) is 0 Å². The van der Waals surface area contributed by atoms with Crippen LogP contribution in [-0.2, 0) is 9.59 Å². The third-order valence-electron chi connectivity index (χ3n) is 4.85. The summed E-state index contributed by atoms with van der Waals surface area (Å²) in [5.41, 5.74) is 0. The van der Waals surface area contributed by atoms with Gasteiger partial charge in [0, 0.05) is 25.3 Å². The summed E-state index contributed by atoms with van der Waals surface area (Å²) in [6, 6.07) is 0.252. The lowest BCUT2D eigenvalue weighted by molar-refractivity contribution is -0.145. The number of amides is 2. The third-order valence-corrected chi connectivity index (χ3v) is 5.86. The summed E-state index contributed by atoms with van der Waals surface area (Å²) >= 11 is 1.69. The van der Waals surface area contributed by atoms with E-state index in [4.69, 9.17) is 0 Å². The van der Waals surface area contributed by atoms with Crippen molar-refractivity contribution >= 4 is 23.6 Å². The minimum atomic E-state index is -0.207. The Morgan fingerprint density at radius 3 is 2.68 bits per heavy atom. The molecule has 0 spiro atoms. The second-order valence-electron chi connectivity index (χ2n) is 5.94. The number of fused-ring (bicyclic) bond motifs is 1. The van der Waals surface area contributed by atoms with E-state index >= 15 is 0 Å². The van der Waals surface area contributed by atoms with Crippen LogP contribution in [0, 0.1) is 5.92 Å². The topological polar surface area (TPSA) is 40.6 Å². The molecule has 5 heteroatoms. The van der Waals surface area contributed by atoms with Crippen LogP contribution >= 0.6 is 11.8 Å². The van der Waals surface area contributed by atoms with Gasteiger partial charge in [0.2, 0.25) is 11.8 Å². The van der Waals surface area contributed by atoms with E-state index in [0.29, 0.717) is 11.9 Å². The van der Waals surface area contributed by atoms with Crippen molar-refractivity contribution in [2.24, 2.45) is 5.92 Å². The summed E-state index contributed by atoms with van der Waals surface area (Å²) in [5, 5.41) is 0. The molecule has 2 amide bonds. The zero-order valence-electron chi connectivity index (χ0n) is 11.5. The van der Waals surface area contributed by atoms with Gasteiger partial charge in [0.15, 0.2) is 0 Å². The van der Waals surface area contributed by atoms with Crippen molar-refractivity contribution in [2.45, 2.75) is 51.1 Å². The first kappa shape index (κ1) is 13.3. The van der Waals surface area contributed by atoms with Crippen molar-refractivity contribution in [3.8, 4) is 0 Å². The van der Waals surface area contributed by atoms with Gasteiger partial charge in [-0.25, -0.2) is 0 Å². The van der Waals surface area contributed by atoms with Gasteiger partial charge in [-0.3, -0.25) is 9.59 Å². The molecule has 2 aliphatic heterocycles. The smallest absolute Gasteiger partial charge is 0.246 e. The Morgan fingerprint density at radius 2 is 1.89 bits per heavy atom.